The summed E-state index contributed by atoms with van der Waals surface area (Å²) < 4.78 is 1.88. The molecule has 2 amide bonds. The van der Waals surface area contributed by atoms with Crippen LogP contribution in [0.2, 0.25) is 5.02 Å². The molecule has 0 radical (unpaired) electrons. The van der Waals surface area contributed by atoms with Gasteiger partial charge in [0.1, 0.15) is 0 Å². The summed E-state index contributed by atoms with van der Waals surface area (Å²) >= 11 is 6.09. The van der Waals surface area contributed by atoms with Crippen LogP contribution in [0.3, 0.4) is 0 Å². The Morgan fingerprint density at radius 2 is 1.74 bits per heavy atom. The molecule has 3 aromatic rings. The zero-order valence-corrected chi connectivity index (χ0v) is 15.4. The third-order valence-corrected chi connectivity index (χ3v) is 4.16. The number of carbonyl (C=O) groups excluding carboxylic acids is 2. The van der Waals surface area contributed by atoms with Crippen LogP contribution in [0.25, 0.3) is 11.8 Å². The summed E-state index contributed by atoms with van der Waals surface area (Å²) in [6.07, 6.45) is 6.90. The van der Waals surface area contributed by atoms with Gasteiger partial charge >= 0.3 is 0 Å². The molecule has 0 aliphatic carbocycles. The van der Waals surface area contributed by atoms with Gasteiger partial charge in [-0.15, -0.1) is 0 Å². The van der Waals surface area contributed by atoms with Crippen LogP contribution in [0.5, 0.6) is 0 Å². The SMILES string of the molecule is CNC(=O)c1ccc(/C=C/C(=O)Nc2ccc(Cl)cc2-n2cccc2)cc1. The van der Waals surface area contributed by atoms with Gasteiger partial charge in [-0.3, -0.25) is 9.59 Å². The first kappa shape index (κ1) is 18.5. The van der Waals surface area contributed by atoms with Crippen LogP contribution in [-0.4, -0.2) is 23.4 Å². The number of anilines is 1. The lowest BCUT2D eigenvalue weighted by molar-refractivity contribution is -0.111. The standard InChI is InChI=1S/C21H18ClN3O2/c1-23-21(27)16-7-4-15(5-8-16)6-11-20(26)24-18-10-9-17(22)14-19(18)25-12-2-3-13-25/h2-14H,1H3,(H,23,27)(H,24,26)/b11-6+. The molecule has 1 heterocycles. The second-order valence-corrected chi connectivity index (χ2v) is 6.21. The molecule has 2 aromatic carbocycles. The van der Waals surface area contributed by atoms with Crippen LogP contribution >= 0.6 is 11.6 Å². The number of aromatic nitrogens is 1. The van der Waals surface area contributed by atoms with E-state index in [1.165, 1.54) is 6.08 Å². The molecule has 0 unspecified atom stereocenters. The van der Waals surface area contributed by atoms with Crippen LogP contribution < -0.4 is 10.6 Å². The van der Waals surface area contributed by atoms with Gasteiger partial charge in [0.2, 0.25) is 5.91 Å². The Balaban J connectivity index is 1.73. The van der Waals surface area contributed by atoms with Crippen molar-refractivity contribution in [1.82, 2.24) is 9.88 Å². The lowest BCUT2D eigenvalue weighted by Crippen LogP contribution is -2.17. The lowest BCUT2D eigenvalue weighted by atomic mass is 10.1. The molecule has 2 N–H and O–H groups in total. The Morgan fingerprint density at radius 1 is 1.04 bits per heavy atom. The highest BCUT2D eigenvalue weighted by Crippen LogP contribution is 2.24. The Labute approximate surface area is 162 Å². The fraction of sp³-hybridized carbons (Fsp3) is 0.0476. The highest BCUT2D eigenvalue weighted by molar-refractivity contribution is 6.31. The Bertz CT molecular complexity index is 977. The van der Waals surface area contributed by atoms with Gasteiger partial charge in [0.25, 0.3) is 5.91 Å². The number of carbonyl (C=O) groups is 2. The van der Waals surface area contributed by atoms with Gasteiger partial charge in [0.15, 0.2) is 0 Å². The average Bonchev–Trinajstić information content (AvgIpc) is 3.22. The van der Waals surface area contributed by atoms with Crippen molar-refractivity contribution in [2.45, 2.75) is 0 Å². The molecule has 0 aliphatic rings. The molecule has 0 aliphatic heterocycles. The molecule has 0 bridgehead atoms. The molecule has 0 spiro atoms. The van der Waals surface area contributed by atoms with Crippen molar-refractivity contribution in [3.63, 3.8) is 0 Å². The van der Waals surface area contributed by atoms with Crippen molar-refractivity contribution in [3.05, 3.63) is 89.2 Å². The maximum Gasteiger partial charge on any atom is 0.251 e. The molecule has 5 nitrogen and oxygen atoms in total. The van der Waals surface area contributed by atoms with E-state index in [1.807, 2.05) is 29.1 Å². The van der Waals surface area contributed by atoms with E-state index >= 15 is 0 Å². The molecule has 136 valence electrons. The Hall–Kier alpha value is -3.31. The zero-order chi connectivity index (χ0) is 19.2. The number of halogens is 1. The third kappa shape index (κ3) is 4.65. The van der Waals surface area contributed by atoms with E-state index in [1.54, 1.807) is 55.6 Å². The van der Waals surface area contributed by atoms with Crippen LogP contribution in [0.15, 0.2) is 73.1 Å². The van der Waals surface area contributed by atoms with E-state index in [4.69, 9.17) is 11.6 Å². The van der Waals surface area contributed by atoms with Crippen LogP contribution in [-0.2, 0) is 4.79 Å². The minimum absolute atomic E-state index is 0.149. The summed E-state index contributed by atoms with van der Waals surface area (Å²) in [5.41, 5.74) is 2.82. The summed E-state index contributed by atoms with van der Waals surface area (Å²) in [5, 5.41) is 6.02. The lowest BCUT2D eigenvalue weighted by Gasteiger charge is -2.11. The largest absolute Gasteiger partial charge is 0.355 e. The van der Waals surface area contributed by atoms with E-state index in [9.17, 15) is 9.59 Å². The van der Waals surface area contributed by atoms with Crippen LogP contribution in [0.1, 0.15) is 15.9 Å². The predicted molar refractivity (Wildman–Crippen MR) is 108 cm³/mol. The number of rotatable bonds is 5. The molecule has 3 rings (SSSR count). The van der Waals surface area contributed by atoms with E-state index in [-0.39, 0.29) is 11.8 Å². The maximum atomic E-state index is 12.3. The molecular formula is C21H18ClN3O2. The van der Waals surface area contributed by atoms with E-state index in [0.717, 1.165) is 11.3 Å². The fourth-order valence-corrected chi connectivity index (χ4v) is 2.72. The van der Waals surface area contributed by atoms with Gasteiger partial charge < -0.3 is 15.2 Å². The first-order valence-electron chi connectivity index (χ1n) is 8.31. The summed E-state index contributed by atoms with van der Waals surface area (Å²) in [5.74, 6) is -0.412. The second kappa shape index (κ2) is 8.38. The summed E-state index contributed by atoms with van der Waals surface area (Å²) in [6.45, 7) is 0. The molecule has 1 aromatic heterocycles. The predicted octanol–water partition coefficient (Wildman–Crippen LogP) is 4.14. The van der Waals surface area contributed by atoms with Crippen molar-refractivity contribution in [3.8, 4) is 5.69 Å². The van der Waals surface area contributed by atoms with Crippen molar-refractivity contribution in [2.75, 3.05) is 12.4 Å². The molecule has 6 heteroatoms. The summed E-state index contributed by atoms with van der Waals surface area (Å²) in [4.78, 5) is 23.9. The van der Waals surface area contributed by atoms with Crippen molar-refractivity contribution >= 4 is 35.2 Å². The molecule has 0 fully saturated rings. The first-order valence-corrected chi connectivity index (χ1v) is 8.69. The quantitative estimate of drug-likeness (QED) is 0.654. The minimum Gasteiger partial charge on any atom is -0.355 e. The van der Waals surface area contributed by atoms with Gasteiger partial charge in [-0.25, -0.2) is 0 Å². The molecular weight excluding hydrogens is 362 g/mol. The highest BCUT2D eigenvalue weighted by atomic mass is 35.5. The molecule has 0 saturated heterocycles. The number of benzene rings is 2. The summed E-state index contributed by atoms with van der Waals surface area (Å²) in [7, 11) is 1.58. The number of nitrogens with zero attached hydrogens (tertiary/aromatic N) is 1. The normalized spacial score (nSPS) is 10.7. The van der Waals surface area contributed by atoms with Crippen molar-refractivity contribution in [1.29, 1.82) is 0 Å². The van der Waals surface area contributed by atoms with Gasteiger partial charge in [-0.05, 0) is 54.1 Å². The molecule has 0 atom stereocenters. The molecule has 0 saturated carbocycles. The smallest absolute Gasteiger partial charge is 0.251 e. The second-order valence-electron chi connectivity index (χ2n) is 5.78. The van der Waals surface area contributed by atoms with Crippen LogP contribution in [0.4, 0.5) is 5.69 Å². The van der Waals surface area contributed by atoms with Crippen LogP contribution in [0, 0.1) is 0 Å². The number of amides is 2. The Kier molecular flexibility index (Phi) is 5.74. The zero-order valence-electron chi connectivity index (χ0n) is 14.6. The van der Waals surface area contributed by atoms with Gasteiger partial charge in [0.05, 0.1) is 11.4 Å². The number of hydrogen-bond donors (Lipinski definition) is 2. The van der Waals surface area contributed by atoms with Gasteiger partial charge in [0, 0.05) is 36.1 Å². The molecule has 27 heavy (non-hydrogen) atoms. The summed E-state index contributed by atoms with van der Waals surface area (Å²) in [6, 6.07) is 16.1. The topological polar surface area (TPSA) is 63.1 Å². The Morgan fingerprint density at radius 3 is 2.41 bits per heavy atom. The number of nitrogens with one attached hydrogen (secondary N) is 2. The van der Waals surface area contributed by atoms with Gasteiger partial charge in [-0.1, -0.05) is 23.7 Å². The minimum atomic E-state index is -0.263. The monoisotopic (exact) mass is 379 g/mol. The average molecular weight is 380 g/mol. The van der Waals surface area contributed by atoms with Crippen molar-refractivity contribution in [2.24, 2.45) is 0 Å². The number of hydrogen-bond acceptors (Lipinski definition) is 2. The van der Waals surface area contributed by atoms with Crippen molar-refractivity contribution < 1.29 is 9.59 Å². The first-order chi connectivity index (χ1) is 13.1. The van der Waals surface area contributed by atoms with Gasteiger partial charge in [-0.2, -0.15) is 0 Å². The maximum absolute atomic E-state index is 12.3. The fourth-order valence-electron chi connectivity index (χ4n) is 2.56. The van der Waals surface area contributed by atoms with E-state index in [2.05, 4.69) is 10.6 Å². The van der Waals surface area contributed by atoms with E-state index < -0.39 is 0 Å². The van der Waals surface area contributed by atoms with E-state index in [0.29, 0.717) is 16.3 Å². The third-order valence-electron chi connectivity index (χ3n) is 3.93. The highest BCUT2D eigenvalue weighted by Gasteiger charge is 2.07.